The zero-order valence-corrected chi connectivity index (χ0v) is 32.3. The second kappa shape index (κ2) is 15.6. The smallest absolute Gasteiger partial charge is 0.315 e. The number of carbonyl (C=O) groups is 5. The lowest BCUT2D eigenvalue weighted by Crippen LogP contribution is -2.62. The molecule has 2 unspecified atom stereocenters. The molecule has 1 aliphatic carbocycles. The van der Waals surface area contributed by atoms with E-state index in [0.717, 1.165) is 0 Å². The van der Waals surface area contributed by atoms with Crippen molar-refractivity contribution >= 4 is 40.7 Å². The highest BCUT2D eigenvalue weighted by Gasteiger charge is 2.70. The van der Waals surface area contributed by atoms with Crippen molar-refractivity contribution in [2.45, 2.75) is 119 Å². The number of Topliss-reactive ketones (excluding diaryl/α,β-unsaturated/α-hetero) is 1. The van der Waals surface area contributed by atoms with Crippen LogP contribution in [0.25, 0.3) is 0 Å². The molecule has 7 atom stereocenters. The Morgan fingerprint density at radius 1 is 0.980 bits per heavy atom. The molecule has 49 heavy (non-hydrogen) atoms. The fraction of sp³-hybridized carbons (Fsp3) is 0.800. The van der Waals surface area contributed by atoms with Gasteiger partial charge in [-0.3, -0.25) is 19.2 Å². The van der Waals surface area contributed by atoms with Crippen LogP contribution in [0.4, 0.5) is 4.79 Å². The van der Waals surface area contributed by atoms with Crippen LogP contribution in [-0.4, -0.2) is 110 Å². The largest absolute Gasteiger partial charge is 0.346 e. The van der Waals surface area contributed by atoms with Crippen molar-refractivity contribution in [2.24, 2.45) is 28.1 Å². The van der Waals surface area contributed by atoms with Crippen molar-refractivity contribution in [3.8, 4) is 0 Å². The Bertz CT molecular complexity index is 1310. The summed E-state index contributed by atoms with van der Waals surface area (Å²) in [6, 6.07) is -3.64. The average molecular weight is 708 g/mol. The summed E-state index contributed by atoms with van der Waals surface area (Å²) >= 11 is -1.31. The molecule has 3 fully saturated rings. The van der Waals surface area contributed by atoms with Gasteiger partial charge in [-0.2, -0.15) is 0 Å². The fourth-order valence-corrected chi connectivity index (χ4v) is 8.44. The Kier molecular flexibility index (Phi) is 12.9. The van der Waals surface area contributed by atoms with Crippen LogP contribution in [0, 0.1) is 28.1 Å². The number of hydrogen-bond acceptors (Lipinski definition) is 6. The highest BCUT2D eigenvalue weighted by molar-refractivity contribution is 7.80. The molecule has 0 spiro atoms. The van der Waals surface area contributed by atoms with Crippen molar-refractivity contribution in [1.82, 2.24) is 34.8 Å². The number of urea groups is 1. The van der Waals surface area contributed by atoms with Crippen molar-refractivity contribution in [2.75, 3.05) is 32.7 Å². The number of rotatable bonds is 14. The third kappa shape index (κ3) is 9.29. The van der Waals surface area contributed by atoms with Gasteiger partial charge in [0.05, 0.1) is 6.04 Å². The van der Waals surface area contributed by atoms with E-state index in [4.69, 9.17) is 0 Å². The molecule has 2 aliphatic heterocycles. The first-order valence-corrected chi connectivity index (χ1v) is 18.7. The summed E-state index contributed by atoms with van der Waals surface area (Å²) in [7, 11) is 0. The molecular weight excluding hydrogens is 646 g/mol. The first-order valence-electron chi connectivity index (χ1n) is 17.6. The van der Waals surface area contributed by atoms with Crippen LogP contribution in [-0.2, 0) is 30.3 Å². The minimum atomic E-state index is -1.31. The van der Waals surface area contributed by atoms with Crippen molar-refractivity contribution in [1.29, 1.82) is 0 Å². The van der Waals surface area contributed by atoms with Crippen LogP contribution < -0.4 is 21.3 Å². The minimum Gasteiger partial charge on any atom is -0.346 e. The number of amides is 5. The zero-order valence-electron chi connectivity index (χ0n) is 31.5. The molecule has 0 aromatic carbocycles. The quantitative estimate of drug-likeness (QED) is 0.160. The second-order valence-corrected chi connectivity index (χ2v) is 18.2. The lowest BCUT2D eigenvalue weighted by Gasteiger charge is -2.39. The van der Waals surface area contributed by atoms with Gasteiger partial charge in [0.15, 0.2) is 11.2 Å². The monoisotopic (exact) mass is 707 g/mol. The van der Waals surface area contributed by atoms with Crippen LogP contribution in [0.1, 0.15) is 89.0 Å². The number of carbonyl (C=O) groups excluding carboxylic acids is 5. The van der Waals surface area contributed by atoms with E-state index in [9.17, 15) is 28.2 Å². The predicted octanol–water partition coefficient (Wildman–Crippen LogP) is 2.36. The Hall–Kier alpha value is -2.84. The SMILES string of the molecule is C=CCNC(=O)C(=O)C(CCC)NC(=O)[C@@H]1[C@@H]2[C@H](CN1C(=O)[C@@H](NC(=O)N[C@H](CN1CCN(C(C)C)S1=O)C(C)(C)C)C(C)(C)C)C2(C)C. The normalized spacial score (nSPS) is 25.6. The predicted molar refractivity (Wildman–Crippen MR) is 191 cm³/mol. The molecule has 3 aliphatic rings. The number of nitrogens with one attached hydrogen (secondary N) is 4. The van der Waals surface area contributed by atoms with Crippen LogP contribution >= 0.6 is 0 Å². The van der Waals surface area contributed by atoms with Gasteiger partial charge in [-0.25, -0.2) is 17.6 Å². The topological polar surface area (TPSA) is 160 Å². The van der Waals surface area contributed by atoms with Gasteiger partial charge in [0.2, 0.25) is 17.6 Å². The van der Waals surface area contributed by atoms with Gasteiger partial charge in [-0.05, 0) is 48.3 Å². The highest BCUT2D eigenvalue weighted by Crippen LogP contribution is 2.65. The van der Waals surface area contributed by atoms with E-state index >= 15 is 0 Å². The number of ketones is 1. The molecule has 13 nitrogen and oxygen atoms in total. The van der Waals surface area contributed by atoms with Gasteiger partial charge >= 0.3 is 6.03 Å². The van der Waals surface area contributed by atoms with Crippen LogP contribution in [0.5, 0.6) is 0 Å². The molecule has 0 radical (unpaired) electrons. The maximum absolute atomic E-state index is 14.4. The standard InChI is InChI=1S/C35H61N7O6S/c1-13-15-23(27(43)30(45)36-16-14-2)37-29(44)26-25-22(35(25,11)12)19-41(26)31(46)28(34(8,9)10)39-32(47)38-24(33(5,6)7)20-40-17-18-42(21(3)4)49(40)48/h14,21-26,28H,2,13,15-20H2,1,3-12H3,(H,36,45)(H,37,44)(H2,38,39,47)/t22-,23?,24+,25-,26-,28+,49?/m0/s1. The van der Waals surface area contributed by atoms with Crippen LogP contribution in [0.3, 0.4) is 0 Å². The zero-order chi connectivity index (χ0) is 37.2. The van der Waals surface area contributed by atoms with E-state index in [1.807, 2.05) is 70.9 Å². The Labute approximate surface area is 295 Å². The fourth-order valence-electron chi connectivity index (χ4n) is 7.03. The molecule has 0 aromatic heterocycles. The van der Waals surface area contributed by atoms with E-state index in [1.54, 1.807) is 4.90 Å². The maximum atomic E-state index is 14.4. The average Bonchev–Trinajstić information content (AvgIpc) is 3.30. The lowest BCUT2D eigenvalue weighted by molar-refractivity contribution is -0.145. The van der Waals surface area contributed by atoms with Crippen molar-refractivity contribution < 1.29 is 28.2 Å². The first kappa shape index (κ1) is 40.6. The molecule has 5 amide bonds. The summed E-state index contributed by atoms with van der Waals surface area (Å²) in [5, 5.41) is 11.3. The van der Waals surface area contributed by atoms with Crippen LogP contribution in [0.15, 0.2) is 12.7 Å². The molecule has 0 bridgehead atoms. The van der Waals surface area contributed by atoms with Gasteiger partial charge in [-0.15, -0.1) is 6.58 Å². The van der Waals surface area contributed by atoms with Gasteiger partial charge in [-0.1, -0.05) is 74.8 Å². The van der Waals surface area contributed by atoms with Crippen LogP contribution in [0.2, 0.25) is 0 Å². The summed E-state index contributed by atoms with van der Waals surface area (Å²) < 4.78 is 16.9. The van der Waals surface area contributed by atoms with Crippen molar-refractivity contribution in [3.05, 3.63) is 12.7 Å². The molecule has 2 heterocycles. The maximum Gasteiger partial charge on any atom is 0.315 e. The number of piperidine rings is 1. The van der Waals surface area contributed by atoms with E-state index in [1.165, 1.54) is 6.08 Å². The van der Waals surface area contributed by atoms with E-state index in [0.29, 0.717) is 32.6 Å². The summed E-state index contributed by atoms with van der Waals surface area (Å²) in [5.41, 5.74) is -1.28. The van der Waals surface area contributed by atoms with Crippen molar-refractivity contribution in [3.63, 3.8) is 0 Å². The van der Waals surface area contributed by atoms with E-state index in [2.05, 4.69) is 41.7 Å². The summed E-state index contributed by atoms with van der Waals surface area (Å²) in [6.45, 7) is 27.3. The highest BCUT2D eigenvalue weighted by atomic mass is 32.2. The van der Waals surface area contributed by atoms with Gasteiger partial charge < -0.3 is 26.2 Å². The summed E-state index contributed by atoms with van der Waals surface area (Å²) in [5.74, 6) is -2.45. The second-order valence-electron chi connectivity index (χ2n) is 16.8. The molecule has 278 valence electrons. The number of likely N-dealkylation sites (tertiary alicyclic amines) is 1. The minimum absolute atomic E-state index is 0.0786. The van der Waals surface area contributed by atoms with E-state index < -0.39 is 58.3 Å². The summed E-state index contributed by atoms with van der Waals surface area (Å²) in [4.78, 5) is 69.1. The molecule has 0 aromatic rings. The Balaban J connectivity index is 1.80. The van der Waals surface area contributed by atoms with Gasteiger partial charge in [0.25, 0.3) is 5.91 Å². The first-order chi connectivity index (χ1) is 22.6. The molecule has 4 N–H and O–H groups in total. The number of fused-ring (bicyclic) bond motifs is 1. The third-order valence-electron chi connectivity index (χ3n) is 10.3. The molecular formula is C35H61N7O6S. The third-order valence-corrected chi connectivity index (χ3v) is 12.1. The van der Waals surface area contributed by atoms with E-state index in [-0.39, 0.29) is 53.6 Å². The number of hydrogen-bond donors (Lipinski definition) is 4. The molecule has 2 saturated heterocycles. The Morgan fingerprint density at radius 2 is 1.61 bits per heavy atom. The number of nitrogens with zero attached hydrogens (tertiary/aromatic N) is 3. The molecule has 1 saturated carbocycles. The molecule has 14 heteroatoms. The lowest BCUT2D eigenvalue weighted by atomic mass is 9.85. The van der Waals surface area contributed by atoms with Gasteiger partial charge in [0, 0.05) is 44.8 Å². The Morgan fingerprint density at radius 3 is 2.12 bits per heavy atom. The molecule has 3 rings (SSSR count). The van der Waals surface area contributed by atoms with Gasteiger partial charge in [0.1, 0.15) is 12.1 Å². The summed E-state index contributed by atoms with van der Waals surface area (Å²) in [6.07, 6.45) is 2.29.